The van der Waals surface area contributed by atoms with E-state index in [-0.39, 0.29) is 32.7 Å². The van der Waals surface area contributed by atoms with Crippen molar-refractivity contribution in [3.05, 3.63) is 41.9 Å². The van der Waals surface area contributed by atoms with Crippen molar-refractivity contribution in [3.63, 3.8) is 0 Å². The van der Waals surface area contributed by atoms with Crippen LogP contribution < -0.4 is 5.73 Å². The number of nitrogens with two attached hydrogens (primary N) is 1. The van der Waals surface area contributed by atoms with Crippen molar-refractivity contribution >= 4 is 16.6 Å². The molecule has 2 N–H and O–H groups in total. The zero-order valence-electron chi connectivity index (χ0n) is 12.2. The summed E-state index contributed by atoms with van der Waals surface area (Å²) in [6.07, 6.45) is 2.86. The zero-order valence-corrected chi connectivity index (χ0v) is 15.0. The summed E-state index contributed by atoms with van der Waals surface area (Å²) in [4.78, 5) is 4.15. The van der Waals surface area contributed by atoms with Crippen molar-refractivity contribution in [2.24, 2.45) is 5.41 Å². The monoisotopic (exact) mass is 330 g/mol. The molecule has 99 valence electrons. The number of pyridine rings is 1. The Balaban J connectivity index is 0.00000180. The normalized spacial score (nSPS) is 11.2. The van der Waals surface area contributed by atoms with E-state index < -0.39 is 0 Å². The molecule has 2 nitrogen and oxygen atoms in total. The van der Waals surface area contributed by atoms with E-state index in [2.05, 4.69) is 44.8 Å². The van der Waals surface area contributed by atoms with E-state index in [4.69, 9.17) is 5.73 Å². The predicted octanol–water partition coefficient (Wildman–Crippen LogP) is 4.19. The molecule has 3 heteroatoms. The van der Waals surface area contributed by atoms with Crippen molar-refractivity contribution in [2.45, 2.75) is 34.1 Å². The van der Waals surface area contributed by atoms with E-state index in [1.54, 1.807) is 6.20 Å². The van der Waals surface area contributed by atoms with Crippen LogP contribution in [0.5, 0.6) is 0 Å². The number of aromatic nitrogens is 1. The van der Waals surface area contributed by atoms with Crippen molar-refractivity contribution in [1.29, 1.82) is 0 Å². The molecule has 0 fully saturated rings. The maximum Gasteiger partial charge on any atom is 0.118 e. The van der Waals surface area contributed by atoms with Gasteiger partial charge in [0.2, 0.25) is 0 Å². The summed E-state index contributed by atoms with van der Waals surface area (Å²) < 4.78 is 0. The van der Waals surface area contributed by atoms with E-state index in [1.807, 2.05) is 12.1 Å². The van der Waals surface area contributed by atoms with Crippen LogP contribution in [0.3, 0.4) is 0 Å². The van der Waals surface area contributed by atoms with Gasteiger partial charge in [-0.15, -0.1) is 11.5 Å². The molecule has 0 amide bonds. The molecule has 0 saturated carbocycles. The average molecular weight is 330 g/mol. The SMILES string of the molecule is C[C-](CC(C)(C)C)c1cccc2c(N)nccc12.[Y]. The smallest absolute Gasteiger partial charge is 0.118 e. The summed E-state index contributed by atoms with van der Waals surface area (Å²) >= 11 is 0. The molecule has 19 heavy (non-hydrogen) atoms. The Labute approximate surface area is 141 Å². The number of hydrogen-bond acceptors (Lipinski definition) is 2. The molecule has 0 bridgehead atoms. The van der Waals surface area contributed by atoms with Gasteiger partial charge in [0.1, 0.15) is 5.82 Å². The van der Waals surface area contributed by atoms with E-state index in [0.717, 1.165) is 11.8 Å². The molecule has 0 saturated heterocycles. The molecule has 0 spiro atoms. The number of nitrogen functional groups attached to an aromatic ring is 1. The minimum Gasteiger partial charge on any atom is -0.384 e. The van der Waals surface area contributed by atoms with Crippen molar-refractivity contribution in [1.82, 2.24) is 4.98 Å². The number of fused-ring (bicyclic) bond motifs is 1. The molecule has 0 aliphatic heterocycles. The van der Waals surface area contributed by atoms with Crippen LogP contribution in [0.2, 0.25) is 0 Å². The Morgan fingerprint density at radius 3 is 2.47 bits per heavy atom. The Morgan fingerprint density at radius 2 is 1.84 bits per heavy atom. The van der Waals surface area contributed by atoms with Gasteiger partial charge in [0.25, 0.3) is 0 Å². The Hall–Kier alpha value is -0.596. The number of hydrogen-bond donors (Lipinski definition) is 1. The third kappa shape index (κ3) is 3.93. The summed E-state index contributed by atoms with van der Waals surface area (Å²) in [7, 11) is 0. The van der Waals surface area contributed by atoms with Crippen molar-refractivity contribution in [3.8, 4) is 0 Å². The van der Waals surface area contributed by atoms with Gasteiger partial charge < -0.3 is 5.73 Å². The van der Waals surface area contributed by atoms with Gasteiger partial charge in [-0.3, -0.25) is 0 Å². The molecule has 1 aromatic heterocycles. The van der Waals surface area contributed by atoms with Gasteiger partial charge in [-0.05, 0) is 10.8 Å². The second-order valence-electron chi connectivity index (χ2n) is 6.11. The summed E-state index contributed by atoms with van der Waals surface area (Å²) in [5.41, 5.74) is 7.52. The quantitative estimate of drug-likeness (QED) is 0.839. The molecule has 0 aliphatic carbocycles. The summed E-state index contributed by atoms with van der Waals surface area (Å²) in [5.74, 6) is 2.01. The Bertz CT molecular complexity index is 558. The molecule has 0 atom stereocenters. The summed E-state index contributed by atoms with van der Waals surface area (Å²) in [5, 5.41) is 2.25. The largest absolute Gasteiger partial charge is 0.384 e. The molecule has 2 rings (SSSR count). The minimum absolute atomic E-state index is 0. The van der Waals surface area contributed by atoms with Gasteiger partial charge in [-0.25, -0.2) is 4.98 Å². The summed E-state index contributed by atoms with van der Waals surface area (Å²) in [6.45, 7) is 8.99. The minimum atomic E-state index is 0. The van der Waals surface area contributed by atoms with Gasteiger partial charge in [-0.2, -0.15) is 17.5 Å². The van der Waals surface area contributed by atoms with E-state index >= 15 is 0 Å². The molecule has 1 radical (unpaired) electrons. The number of anilines is 1. The van der Waals surface area contributed by atoms with E-state index in [1.165, 1.54) is 16.9 Å². The van der Waals surface area contributed by atoms with E-state index in [0.29, 0.717) is 11.2 Å². The second kappa shape index (κ2) is 6.24. The predicted molar refractivity (Wildman–Crippen MR) is 78.2 cm³/mol. The Morgan fingerprint density at radius 1 is 1.16 bits per heavy atom. The van der Waals surface area contributed by atoms with E-state index in [9.17, 15) is 0 Å². The fourth-order valence-electron chi connectivity index (χ4n) is 2.49. The van der Waals surface area contributed by atoms with Gasteiger partial charge in [-0.1, -0.05) is 46.2 Å². The van der Waals surface area contributed by atoms with Crippen LogP contribution in [0.4, 0.5) is 5.82 Å². The Kier molecular flexibility index (Phi) is 5.40. The first-order valence-electron chi connectivity index (χ1n) is 6.34. The number of benzene rings is 1. The van der Waals surface area contributed by atoms with Crippen LogP contribution in [-0.4, -0.2) is 4.98 Å². The number of nitrogens with zero attached hydrogens (tertiary/aromatic N) is 1. The number of rotatable bonds is 2. The van der Waals surface area contributed by atoms with Crippen LogP contribution in [-0.2, 0) is 32.7 Å². The van der Waals surface area contributed by atoms with Gasteiger partial charge in [0.05, 0.1) is 0 Å². The van der Waals surface area contributed by atoms with Crippen LogP contribution in [0.25, 0.3) is 10.8 Å². The standard InChI is InChI=1S/C16H21N2.Y/c1-11(10-16(2,3)4)12-6-5-7-14-13(12)8-9-18-15(14)17;/h5-9H,10H2,1-4H3,(H2,17,18);/q-1;. The third-order valence-corrected chi connectivity index (χ3v) is 3.09. The van der Waals surface area contributed by atoms with Crippen LogP contribution in [0, 0.1) is 11.3 Å². The van der Waals surface area contributed by atoms with Crippen LogP contribution >= 0.6 is 0 Å². The zero-order chi connectivity index (χ0) is 13.3. The molecule has 0 unspecified atom stereocenters. The molecular formula is C16H21N2Y-. The molecular weight excluding hydrogens is 309 g/mol. The molecule has 1 heterocycles. The van der Waals surface area contributed by atoms with Crippen LogP contribution in [0.1, 0.15) is 39.7 Å². The van der Waals surface area contributed by atoms with Crippen molar-refractivity contribution < 1.29 is 32.7 Å². The third-order valence-electron chi connectivity index (χ3n) is 3.09. The molecule has 1 aromatic carbocycles. The molecule has 0 aliphatic rings. The fourth-order valence-corrected chi connectivity index (χ4v) is 2.49. The van der Waals surface area contributed by atoms with Crippen LogP contribution in [0.15, 0.2) is 30.5 Å². The molecule has 2 aromatic rings. The maximum atomic E-state index is 5.93. The van der Waals surface area contributed by atoms with Gasteiger partial charge in [0.15, 0.2) is 0 Å². The first-order chi connectivity index (χ1) is 8.38. The first-order valence-corrected chi connectivity index (χ1v) is 6.34. The topological polar surface area (TPSA) is 38.9 Å². The maximum absolute atomic E-state index is 5.93. The van der Waals surface area contributed by atoms with Gasteiger partial charge >= 0.3 is 0 Å². The first kappa shape index (κ1) is 16.5. The summed E-state index contributed by atoms with van der Waals surface area (Å²) in [6, 6.07) is 8.31. The average Bonchev–Trinajstić information content (AvgIpc) is 2.26. The van der Waals surface area contributed by atoms with Crippen molar-refractivity contribution in [2.75, 3.05) is 5.73 Å². The van der Waals surface area contributed by atoms with Gasteiger partial charge in [0, 0.05) is 38.9 Å². The second-order valence-corrected chi connectivity index (χ2v) is 6.11. The fraction of sp³-hybridized carbons (Fsp3) is 0.375.